The largest absolute Gasteiger partial charge is 0.416 e. The zero-order valence-corrected chi connectivity index (χ0v) is 15.9. The molecule has 0 aromatic heterocycles. The molecule has 7 heteroatoms. The third kappa shape index (κ3) is 4.33. The van der Waals surface area contributed by atoms with Gasteiger partial charge in [-0.3, -0.25) is 4.79 Å². The summed E-state index contributed by atoms with van der Waals surface area (Å²) in [6.07, 6.45) is -2.25. The Hall–Kier alpha value is -2.05. The molecule has 1 aliphatic carbocycles. The van der Waals surface area contributed by atoms with Gasteiger partial charge in [0.1, 0.15) is 0 Å². The number of rotatable bonds is 5. The van der Waals surface area contributed by atoms with Gasteiger partial charge in [-0.05, 0) is 48.2 Å². The van der Waals surface area contributed by atoms with Gasteiger partial charge in [0.15, 0.2) is 0 Å². The molecular weight excluding hydrogens is 391 g/mol. The van der Waals surface area contributed by atoms with Gasteiger partial charge < -0.3 is 10.4 Å². The Kier molecular flexibility index (Phi) is 6.01. The third-order valence-corrected chi connectivity index (χ3v) is 5.62. The second kappa shape index (κ2) is 8.13. The zero-order valence-electron chi connectivity index (χ0n) is 15.1. The summed E-state index contributed by atoms with van der Waals surface area (Å²) in [5.41, 5.74) is -0.235. The van der Waals surface area contributed by atoms with Crippen LogP contribution in [-0.2, 0) is 16.4 Å². The summed E-state index contributed by atoms with van der Waals surface area (Å²) in [5, 5.41) is 13.7. The molecule has 0 bridgehead atoms. The molecule has 3 rings (SSSR count). The lowest BCUT2D eigenvalue weighted by Gasteiger charge is -2.29. The Balaban J connectivity index is 1.68. The lowest BCUT2D eigenvalue weighted by atomic mass is 9.78. The van der Waals surface area contributed by atoms with E-state index in [0.717, 1.165) is 30.5 Å². The highest BCUT2D eigenvalue weighted by Crippen LogP contribution is 2.41. The van der Waals surface area contributed by atoms with E-state index in [-0.39, 0.29) is 12.5 Å². The van der Waals surface area contributed by atoms with Crippen LogP contribution in [-0.4, -0.2) is 17.6 Å². The van der Waals surface area contributed by atoms with Gasteiger partial charge in [0, 0.05) is 11.6 Å². The molecule has 2 aromatic rings. The maximum atomic E-state index is 13.0. The summed E-state index contributed by atoms with van der Waals surface area (Å²) in [6, 6.07) is 11.5. The van der Waals surface area contributed by atoms with Gasteiger partial charge in [-0.15, -0.1) is 0 Å². The summed E-state index contributed by atoms with van der Waals surface area (Å²) in [6.45, 7) is -0.0699. The quantitative estimate of drug-likeness (QED) is 0.725. The van der Waals surface area contributed by atoms with Crippen molar-refractivity contribution in [3.63, 3.8) is 0 Å². The Morgan fingerprint density at radius 1 is 1.07 bits per heavy atom. The van der Waals surface area contributed by atoms with E-state index in [2.05, 4.69) is 5.32 Å². The fourth-order valence-corrected chi connectivity index (χ4v) is 3.89. The highest BCUT2D eigenvalue weighted by atomic mass is 35.5. The Labute approximate surface area is 166 Å². The van der Waals surface area contributed by atoms with Gasteiger partial charge >= 0.3 is 6.18 Å². The van der Waals surface area contributed by atoms with Crippen LogP contribution < -0.4 is 5.32 Å². The minimum atomic E-state index is -4.43. The Bertz CT molecular complexity index is 813. The van der Waals surface area contributed by atoms with E-state index >= 15 is 0 Å². The maximum Gasteiger partial charge on any atom is 0.416 e. The van der Waals surface area contributed by atoms with Crippen LogP contribution in [0.1, 0.15) is 48.5 Å². The van der Waals surface area contributed by atoms with Gasteiger partial charge in [-0.1, -0.05) is 48.7 Å². The van der Waals surface area contributed by atoms with E-state index in [9.17, 15) is 23.1 Å². The fraction of sp³-hybridized carbons (Fsp3) is 0.381. The third-order valence-electron chi connectivity index (χ3n) is 5.37. The standard InChI is InChI=1S/C21H21ClF3NO2/c22-17-9-7-15(8-10-17)20(11-1-2-12-20)19(28)26-13-18(27)14-3-5-16(6-4-14)21(23,24)25/h3-10,18,27H,1-2,11-13H2,(H,26,28)/t18-/m1/s1. The Morgan fingerprint density at radius 2 is 1.64 bits per heavy atom. The molecule has 2 N–H and O–H groups in total. The summed E-state index contributed by atoms with van der Waals surface area (Å²) >= 11 is 5.95. The lowest BCUT2D eigenvalue weighted by Crippen LogP contribution is -2.44. The first-order valence-corrected chi connectivity index (χ1v) is 9.50. The molecule has 150 valence electrons. The van der Waals surface area contributed by atoms with Crippen LogP contribution in [0.5, 0.6) is 0 Å². The summed E-state index contributed by atoms with van der Waals surface area (Å²) in [4.78, 5) is 13.0. The minimum absolute atomic E-state index is 0.0699. The van der Waals surface area contributed by atoms with Crippen molar-refractivity contribution < 1.29 is 23.1 Å². The molecule has 2 aromatic carbocycles. The van der Waals surface area contributed by atoms with Crippen LogP contribution in [0.25, 0.3) is 0 Å². The number of halogens is 4. The van der Waals surface area contributed by atoms with Crippen molar-refractivity contribution in [1.29, 1.82) is 0 Å². The molecule has 0 heterocycles. The van der Waals surface area contributed by atoms with Gasteiger partial charge in [0.2, 0.25) is 5.91 Å². The number of benzene rings is 2. The van der Waals surface area contributed by atoms with Crippen LogP contribution in [0.2, 0.25) is 5.02 Å². The average molecular weight is 412 g/mol. The van der Waals surface area contributed by atoms with E-state index in [1.165, 1.54) is 12.1 Å². The van der Waals surface area contributed by atoms with Gasteiger partial charge in [-0.25, -0.2) is 0 Å². The van der Waals surface area contributed by atoms with Crippen LogP contribution in [0, 0.1) is 0 Å². The second-order valence-corrected chi connectivity index (χ2v) is 7.58. The zero-order chi connectivity index (χ0) is 20.4. The predicted octanol–water partition coefficient (Wildman–Crippen LogP) is 5.02. The molecule has 1 saturated carbocycles. The molecule has 1 fully saturated rings. The molecule has 0 unspecified atom stereocenters. The number of nitrogens with one attached hydrogen (secondary N) is 1. The molecule has 0 aliphatic heterocycles. The number of alkyl halides is 3. The first-order valence-electron chi connectivity index (χ1n) is 9.12. The number of aliphatic hydroxyl groups excluding tert-OH is 1. The molecule has 0 saturated heterocycles. The summed E-state index contributed by atoms with van der Waals surface area (Å²) in [5.74, 6) is -0.182. The van der Waals surface area contributed by atoms with Crippen LogP contribution in [0.3, 0.4) is 0 Å². The van der Waals surface area contributed by atoms with Crippen molar-refractivity contribution in [3.05, 3.63) is 70.2 Å². The second-order valence-electron chi connectivity index (χ2n) is 7.14. The smallest absolute Gasteiger partial charge is 0.387 e. The van der Waals surface area contributed by atoms with Crippen molar-refractivity contribution in [2.75, 3.05) is 6.54 Å². The number of carbonyl (C=O) groups excluding carboxylic acids is 1. The SMILES string of the molecule is O=C(NC[C@@H](O)c1ccc(C(F)(F)F)cc1)C1(c2ccc(Cl)cc2)CCCC1. The average Bonchev–Trinajstić information content (AvgIpc) is 3.17. The summed E-state index contributed by atoms with van der Waals surface area (Å²) < 4.78 is 37.9. The van der Waals surface area contributed by atoms with E-state index in [0.29, 0.717) is 23.4 Å². The highest BCUT2D eigenvalue weighted by molar-refractivity contribution is 6.30. The minimum Gasteiger partial charge on any atom is -0.387 e. The lowest BCUT2D eigenvalue weighted by molar-refractivity contribution is -0.137. The number of carbonyl (C=O) groups is 1. The van der Waals surface area contributed by atoms with Crippen molar-refractivity contribution in [1.82, 2.24) is 5.32 Å². The van der Waals surface area contributed by atoms with Crippen molar-refractivity contribution in [2.45, 2.75) is 43.4 Å². The fourth-order valence-electron chi connectivity index (χ4n) is 3.76. The predicted molar refractivity (Wildman–Crippen MR) is 101 cm³/mol. The Morgan fingerprint density at radius 3 is 2.18 bits per heavy atom. The highest BCUT2D eigenvalue weighted by Gasteiger charge is 2.42. The van der Waals surface area contributed by atoms with Gasteiger partial charge in [-0.2, -0.15) is 13.2 Å². The first-order chi connectivity index (χ1) is 13.2. The number of amides is 1. The molecule has 0 radical (unpaired) electrons. The maximum absolute atomic E-state index is 13.0. The topological polar surface area (TPSA) is 49.3 Å². The molecule has 1 atom stereocenters. The monoisotopic (exact) mass is 411 g/mol. The molecule has 1 aliphatic rings. The van der Waals surface area contributed by atoms with Crippen molar-refractivity contribution in [3.8, 4) is 0 Å². The van der Waals surface area contributed by atoms with Gasteiger partial charge in [0.25, 0.3) is 0 Å². The first kappa shape index (κ1) is 20.7. The van der Waals surface area contributed by atoms with Crippen molar-refractivity contribution in [2.24, 2.45) is 0 Å². The summed E-state index contributed by atoms with van der Waals surface area (Å²) in [7, 11) is 0. The van der Waals surface area contributed by atoms with Gasteiger partial charge in [0.05, 0.1) is 17.1 Å². The van der Waals surface area contributed by atoms with E-state index in [4.69, 9.17) is 11.6 Å². The van der Waals surface area contributed by atoms with Crippen LogP contribution >= 0.6 is 11.6 Å². The molecular formula is C21H21ClF3NO2. The van der Waals surface area contributed by atoms with Crippen LogP contribution in [0.4, 0.5) is 13.2 Å². The van der Waals surface area contributed by atoms with E-state index < -0.39 is 23.3 Å². The number of hydrogen-bond donors (Lipinski definition) is 2. The molecule has 0 spiro atoms. The number of hydrogen-bond acceptors (Lipinski definition) is 2. The number of aliphatic hydroxyl groups is 1. The molecule has 28 heavy (non-hydrogen) atoms. The normalized spacial score (nSPS) is 17.3. The van der Waals surface area contributed by atoms with Crippen LogP contribution in [0.15, 0.2) is 48.5 Å². The van der Waals surface area contributed by atoms with E-state index in [1.807, 2.05) is 12.1 Å². The van der Waals surface area contributed by atoms with E-state index in [1.54, 1.807) is 12.1 Å². The molecule has 3 nitrogen and oxygen atoms in total. The van der Waals surface area contributed by atoms with Crippen molar-refractivity contribution >= 4 is 17.5 Å². The molecule has 1 amide bonds.